The number of amides is 1. The van der Waals surface area contributed by atoms with Gasteiger partial charge in [0.1, 0.15) is 5.60 Å². The maximum absolute atomic E-state index is 12.2. The van der Waals surface area contributed by atoms with E-state index < -0.39 is 5.60 Å². The van der Waals surface area contributed by atoms with Gasteiger partial charge in [-0.05, 0) is 39.3 Å². The molecule has 6 heteroatoms. The molecule has 1 aromatic heterocycles. The molecule has 1 saturated heterocycles. The van der Waals surface area contributed by atoms with Gasteiger partial charge in [-0.1, -0.05) is 6.07 Å². The van der Waals surface area contributed by atoms with Crippen LogP contribution in [0.15, 0.2) is 24.5 Å². The monoisotopic (exact) mass is 321 g/mol. The summed E-state index contributed by atoms with van der Waals surface area (Å²) in [6, 6.07) is 4.14. The quantitative estimate of drug-likeness (QED) is 0.922. The zero-order valence-corrected chi connectivity index (χ0v) is 14.6. The minimum atomic E-state index is -0.492. The number of hydrogen-bond acceptors (Lipinski definition) is 5. The Labute approximate surface area is 138 Å². The molecular formula is C17H27N3O3. The molecule has 3 atom stereocenters. The molecule has 0 radical (unpaired) electrons. The van der Waals surface area contributed by atoms with E-state index in [1.165, 1.54) is 0 Å². The first-order valence-corrected chi connectivity index (χ1v) is 7.97. The van der Waals surface area contributed by atoms with Gasteiger partial charge in [0.2, 0.25) is 0 Å². The van der Waals surface area contributed by atoms with E-state index in [-0.39, 0.29) is 24.3 Å². The van der Waals surface area contributed by atoms with E-state index in [9.17, 15) is 4.79 Å². The highest BCUT2D eigenvalue weighted by Gasteiger charge is 2.37. The third-order valence-corrected chi connectivity index (χ3v) is 3.87. The first-order chi connectivity index (χ1) is 10.8. The fourth-order valence-electron chi connectivity index (χ4n) is 2.70. The Balaban J connectivity index is 1.98. The first-order valence-electron chi connectivity index (χ1n) is 7.97. The summed E-state index contributed by atoms with van der Waals surface area (Å²) >= 11 is 0. The van der Waals surface area contributed by atoms with Crippen LogP contribution in [-0.2, 0) is 9.47 Å². The van der Waals surface area contributed by atoms with Crippen molar-refractivity contribution in [1.29, 1.82) is 0 Å². The predicted octanol–water partition coefficient (Wildman–Crippen LogP) is 2.37. The fourth-order valence-corrected chi connectivity index (χ4v) is 2.70. The summed E-state index contributed by atoms with van der Waals surface area (Å²) in [6.45, 7) is 8.79. The van der Waals surface area contributed by atoms with Gasteiger partial charge < -0.3 is 19.7 Å². The Morgan fingerprint density at radius 1 is 1.43 bits per heavy atom. The van der Waals surface area contributed by atoms with Gasteiger partial charge in [-0.25, -0.2) is 4.79 Å². The van der Waals surface area contributed by atoms with Crippen molar-refractivity contribution in [2.45, 2.75) is 51.5 Å². The molecule has 0 aliphatic carbocycles. The Hall–Kier alpha value is -1.66. The molecule has 1 fully saturated rings. The van der Waals surface area contributed by atoms with Crippen molar-refractivity contribution in [3.8, 4) is 0 Å². The molecule has 0 bridgehead atoms. The van der Waals surface area contributed by atoms with E-state index in [1.54, 1.807) is 18.2 Å². The van der Waals surface area contributed by atoms with Crippen LogP contribution in [0.25, 0.3) is 0 Å². The predicted molar refractivity (Wildman–Crippen MR) is 88.2 cm³/mol. The molecule has 2 rings (SSSR count). The van der Waals surface area contributed by atoms with E-state index in [0.717, 1.165) is 5.56 Å². The summed E-state index contributed by atoms with van der Waals surface area (Å²) < 4.78 is 11.0. The second kappa shape index (κ2) is 7.27. The number of likely N-dealkylation sites (tertiary alicyclic amines) is 1. The van der Waals surface area contributed by atoms with Crippen LogP contribution < -0.4 is 5.32 Å². The fraction of sp³-hybridized carbons (Fsp3) is 0.647. The van der Waals surface area contributed by atoms with Gasteiger partial charge in [0, 0.05) is 32.1 Å². The highest BCUT2D eigenvalue weighted by molar-refractivity contribution is 5.68. The van der Waals surface area contributed by atoms with Crippen LogP contribution in [0.2, 0.25) is 0 Å². The highest BCUT2D eigenvalue weighted by atomic mass is 16.6. The number of aromatic nitrogens is 1. The van der Waals surface area contributed by atoms with Crippen molar-refractivity contribution in [3.63, 3.8) is 0 Å². The van der Waals surface area contributed by atoms with Crippen LogP contribution in [-0.4, -0.2) is 53.9 Å². The first kappa shape index (κ1) is 17.7. The lowest BCUT2D eigenvalue weighted by molar-refractivity contribution is 0.0252. The van der Waals surface area contributed by atoms with E-state index in [2.05, 4.69) is 17.2 Å². The third-order valence-electron chi connectivity index (χ3n) is 3.87. The molecule has 1 aliphatic rings. The topological polar surface area (TPSA) is 63.7 Å². The summed E-state index contributed by atoms with van der Waals surface area (Å²) in [5.74, 6) is 0. The summed E-state index contributed by atoms with van der Waals surface area (Å²) in [6.07, 6.45) is 3.26. The molecule has 1 aliphatic heterocycles. The van der Waals surface area contributed by atoms with Gasteiger partial charge in [0.15, 0.2) is 0 Å². The van der Waals surface area contributed by atoms with Crippen LogP contribution >= 0.6 is 0 Å². The number of rotatable bonds is 4. The molecule has 0 aromatic carbocycles. The van der Waals surface area contributed by atoms with Gasteiger partial charge in [0.25, 0.3) is 0 Å². The molecule has 0 spiro atoms. The van der Waals surface area contributed by atoms with Gasteiger partial charge in [-0.3, -0.25) is 4.98 Å². The minimum Gasteiger partial charge on any atom is -0.444 e. The minimum absolute atomic E-state index is 0.0540. The molecule has 23 heavy (non-hydrogen) atoms. The normalized spacial score (nSPS) is 22.9. The Morgan fingerprint density at radius 2 is 2.17 bits per heavy atom. The van der Waals surface area contributed by atoms with Crippen LogP contribution in [0.4, 0.5) is 4.79 Å². The van der Waals surface area contributed by atoms with Gasteiger partial charge in [-0.15, -0.1) is 0 Å². The van der Waals surface area contributed by atoms with Crippen molar-refractivity contribution in [2.24, 2.45) is 0 Å². The summed E-state index contributed by atoms with van der Waals surface area (Å²) in [5, 5.41) is 3.53. The average Bonchev–Trinajstić information content (AvgIpc) is 2.89. The molecular weight excluding hydrogens is 294 g/mol. The largest absolute Gasteiger partial charge is 0.444 e. The molecule has 2 heterocycles. The highest BCUT2D eigenvalue weighted by Crippen LogP contribution is 2.20. The number of hydrogen-bond donors (Lipinski definition) is 1. The second-order valence-corrected chi connectivity index (χ2v) is 6.94. The van der Waals surface area contributed by atoms with Crippen molar-refractivity contribution < 1.29 is 14.3 Å². The lowest BCUT2D eigenvalue weighted by Gasteiger charge is -2.25. The lowest BCUT2D eigenvalue weighted by atomic mass is 10.1. The molecule has 0 saturated carbocycles. The maximum Gasteiger partial charge on any atom is 0.410 e. The van der Waals surface area contributed by atoms with E-state index in [0.29, 0.717) is 13.1 Å². The SMILES string of the molecule is CO[C@H]1CN(C(=O)OC(C)(C)C)CC1NC(C)c1cccnc1. The van der Waals surface area contributed by atoms with Gasteiger partial charge >= 0.3 is 6.09 Å². The van der Waals surface area contributed by atoms with Crippen molar-refractivity contribution >= 4 is 6.09 Å². The lowest BCUT2D eigenvalue weighted by Crippen LogP contribution is -2.41. The molecule has 1 N–H and O–H groups in total. The van der Waals surface area contributed by atoms with Crippen molar-refractivity contribution in [2.75, 3.05) is 20.2 Å². The standard InChI is InChI=1S/C17H27N3O3/c1-12(13-7-6-8-18-9-13)19-14-10-20(11-15(14)22-5)16(21)23-17(2,3)4/h6-9,12,14-15,19H,10-11H2,1-5H3/t12?,14?,15-/m0/s1. The summed E-state index contributed by atoms with van der Waals surface area (Å²) in [4.78, 5) is 18.1. The molecule has 2 unspecified atom stereocenters. The number of nitrogens with zero attached hydrogens (tertiary/aromatic N) is 2. The van der Waals surface area contributed by atoms with E-state index >= 15 is 0 Å². The summed E-state index contributed by atoms with van der Waals surface area (Å²) in [7, 11) is 1.67. The molecule has 128 valence electrons. The zero-order chi connectivity index (χ0) is 17.0. The van der Waals surface area contributed by atoms with Crippen LogP contribution in [0.5, 0.6) is 0 Å². The number of carbonyl (C=O) groups is 1. The smallest absolute Gasteiger partial charge is 0.410 e. The molecule has 1 amide bonds. The maximum atomic E-state index is 12.2. The van der Waals surface area contributed by atoms with Crippen LogP contribution in [0, 0.1) is 0 Å². The number of methoxy groups -OCH3 is 1. The van der Waals surface area contributed by atoms with Gasteiger partial charge in [0.05, 0.1) is 18.7 Å². The molecule has 6 nitrogen and oxygen atoms in total. The Bertz CT molecular complexity index is 516. The molecule has 1 aromatic rings. The van der Waals surface area contributed by atoms with Crippen LogP contribution in [0.3, 0.4) is 0 Å². The van der Waals surface area contributed by atoms with E-state index in [4.69, 9.17) is 9.47 Å². The number of ether oxygens (including phenoxy) is 2. The third kappa shape index (κ3) is 4.91. The number of carbonyl (C=O) groups excluding carboxylic acids is 1. The van der Waals surface area contributed by atoms with Gasteiger partial charge in [-0.2, -0.15) is 0 Å². The van der Waals surface area contributed by atoms with E-state index in [1.807, 2.05) is 39.1 Å². The Kier molecular flexibility index (Phi) is 5.59. The summed E-state index contributed by atoms with van der Waals surface area (Å²) in [5.41, 5.74) is 0.617. The average molecular weight is 321 g/mol. The van der Waals surface area contributed by atoms with Crippen molar-refractivity contribution in [1.82, 2.24) is 15.2 Å². The second-order valence-electron chi connectivity index (χ2n) is 6.94. The zero-order valence-electron chi connectivity index (χ0n) is 14.6. The van der Waals surface area contributed by atoms with Crippen molar-refractivity contribution in [3.05, 3.63) is 30.1 Å². The van der Waals surface area contributed by atoms with Crippen LogP contribution in [0.1, 0.15) is 39.3 Å². The number of nitrogens with one attached hydrogen (secondary N) is 1. The number of pyridine rings is 1. The Morgan fingerprint density at radius 3 is 2.74 bits per heavy atom.